The lowest BCUT2D eigenvalue weighted by Gasteiger charge is -2.15. The summed E-state index contributed by atoms with van der Waals surface area (Å²) in [6, 6.07) is 18.8. The predicted octanol–water partition coefficient (Wildman–Crippen LogP) is 6.43. The van der Waals surface area contributed by atoms with Gasteiger partial charge < -0.3 is 24.9 Å². The van der Waals surface area contributed by atoms with Crippen LogP contribution in [0.3, 0.4) is 0 Å². The van der Waals surface area contributed by atoms with Crippen LogP contribution in [0.15, 0.2) is 71.5 Å². The molecule has 0 aliphatic carbocycles. The van der Waals surface area contributed by atoms with Gasteiger partial charge in [-0.2, -0.15) is 0 Å². The Morgan fingerprint density at radius 1 is 1.06 bits per heavy atom. The molecule has 7 nitrogen and oxygen atoms in total. The Morgan fingerprint density at radius 2 is 1.77 bits per heavy atom. The van der Waals surface area contributed by atoms with Gasteiger partial charge in [-0.3, -0.25) is 4.79 Å². The predicted molar refractivity (Wildman–Crippen MR) is 139 cm³/mol. The molecule has 0 aliphatic rings. The minimum Gasteiger partial charge on any atom is -0.507 e. The van der Waals surface area contributed by atoms with Crippen molar-refractivity contribution >= 4 is 51.4 Å². The molecule has 4 aromatic rings. The number of anilines is 2. The van der Waals surface area contributed by atoms with Crippen LogP contribution in [-0.2, 0) is 9.47 Å². The highest BCUT2D eigenvalue weighted by atomic mass is 35.5. The van der Waals surface area contributed by atoms with Crippen LogP contribution in [0.5, 0.6) is 5.75 Å². The van der Waals surface area contributed by atoms with E-state index in [1.807, 2.05) is 19.9 Å². The van der Waals surface area contributed by atoms with E-state index in [2.05, 4.69) is 10.3 Å². The maximum absolute atomic E-state index is 12.2. The number of carbonyl (C=O) groups is 1. The molecule has 0 unspecified atom stereocenters. The van der Waals surface area contributed by atoms with E-state index < -0.39 is 5.97 Å². The molecule has 0 saturated heterocycles. The molecule has 9 heteroatoms. The first-order valence-corrected chi connectivity index (χ1v) is 11.4. The number of hydrogen-bond donors (Lipinski definition) is 3. The zero-order valence-corrected chi connectivity index (χ0v) is 20.6. The van der Waals surface area contributed by atoms with Crippen LogP contribution in [0.1, 0.15) is 22.8 Å². The van der Waals surface area contributed by atoms with Crippen LogP contribution in [0.2, 0.25) is 10.0 Å². The molecule has 0 atom stereocenters. The molecule has 0 fully saturated rings. The number of aromatic nitrogens is 1. The van der Waals surface area contributed by atoms with Crippen LogP contribution < -0.4 is 10.9 Å². The number of rotatable bonds is 6. The number of fused-ring (bicyclic) bond motifs is 1. The van der Waals surface area contributed by atoms with E-state index in [1.165, 1.54) is 6.07 Å². The summed E-state index contributed by atoms with van der Waals surface area (Å²) in [6.45, 7) is 4.09. The Bertz CT molecular complexity index is 1390. The molecule has 35 heavy (non-hydrogen) atoms. The van der Waals surface area contributed by atoms with Gasteiger partial charge in [0.2, 0.25) is 0 Å². The number of hydrogen-bond acceptors (Lipinski definition) is 6. The minimum atomic E-state index is -0.485. The summed E-state index contributed by atoms with van der Waals surface area (Å²) in [5.74, 6) is -0.462. The number of para-hydroxylation sites is 2. The number of aromatic hydroxyl groups is 1. The number of aryl methyl sites for hydroxylation is 1. The Balaban J connectivity index is 0.000000237. The number of carbonyl (C=O) groups excluding carboxylic acids is 1. The van der Waals surface area contributed by atoms with Gasteiger partial charge in [0.25, 0.3) is 5.56 Å². The smallest absolute Gasteiger partial charge is 0.342 e. The van der Waals surface area contributed by atoms with Crippen LogP contribution in [0.4, 0.5) is 11.4 Å². The van der Waals surface area contributed by atoms with E-state index in [4.69, 9.17) is 32.7 Å². The first kappa shape index (κ1) is 26.1. The van der Waals surface area contributed by atoms with Gasteiger partial charge >= 0.3 is 5.97 Å². The molecule has 3 aromatic carbocycles. The average molecular weight is 515 g/mol. The monoisotopic (exact) mass is 514 g/mol. The van der Waals surface area contributed by atoms with Crippen molar-refractivity contribution < 1.29 is 19.4 Å². The quantitative estimate of drug-likeness (QED) is 0.155. The Morgan fingerprint density at radius 3 is 2.54 bits per heavy atom. The van der Waals surface area contributed by atoms with E-state index >= 15 is 0 Å². The van der Waals surface area contributed by atoms with Crippen molar-refractivity contribution in [3.63, 3.8) is 0 Å². The molecule has 0 spiro atoms. The van der Waals surface area contributed by atoms with Gasteiger partial charge in [0.1, 0.15) is 5.75 Å². The van der Waals surface area contributed by atoms with Crippen molar-refractivity contribution in [2.75, 3.05) is 18.7 Å². The number of H-pyrrole nitrogens is 1. The molecule has 0 bridgehead atoms. The maximum Gasteiger partial charge on any atom is 0.342 e. The molecule has 182 valence electrons. The SMILES string of the molecule is CCOCOC(=O)c1ccccc1Nc1c(Cl)ccc(C)c1Cl.O=c1cc(O)c2ccccc2[nH]1. The number of pyridine rings is 1. The largest absolute Gasteiger partial charge is 0.507 e. The maximum atomic E-state index is 12.2. The van der Waals surface area contributed by atoms with Crippen LogP contribution >= 0.6 is 23.2 Å². The molecule has 4 rings (SSSR count). The summed E-state index contributed by atoms with van der Waals surface area (Å²) in [5, 5.41) is 14.1. The lowest BCUT2D eigenvalue weighted by Crippen LogP contribution is -2.11. The number of aromatic amines is 1. The number of nitrogens with one attached hydrogen (secondary N) is 2. The summed E-state index contributed by atoms with van der Waals surface area (Å²) in [6.07, 6.45) is 0. The zero-order valence-electron chi connectivity index (χ0n) is 19.1. The van der Waals surface area contributed by atoms with Gasteiger partial charge in [0.15, 0.2) is 6.79 Å². The normalized spacial score (nSPS) is 10.4. The summed E-state index contributed by atoms with van der Waals surface area (Å²) < 4.78 is 10.1. The van der Waals surface area contributed by atoms with Gasteiger partial charge in [0.05, 0.1) is 32.5 Å². The summed E-state index contributed by atoms with van der Waals surface area (Å²) in [5.41, 5.74) is 2.74. The molecular formula is C26H24Cl2N2O5. The van der Waals surface area contributed by atoms with Crippen LogP contribution in [0, 0.1) is 6.92 Å². The Hall–Kier alpha value is -3.52. The van der Waals surface area contributed by atoms with E-state index in [0.717, 1.165) is 5.56 Å². The summed E-state index contributed by atoms with van der Waals surface area (Å²) in [7, 11) is 0. The first-order valence-electron chi connectivity index (χ1n) is 10.7. The molecule has 0 aliphatic heterocycles. The molecule has 1 heterocycles. The fourth-order valence-corrected chi connectivity index (χ4v) is 3.58. The second-order valence-corrected chi connectivity index (χ2v) is 8.12. The number of esters is 1. The third kappa shape index (κ3) is 6.76. The van der Waals surface area contributed by atoms with Crippen LogP contribution in [0.25, 0.3) is 10.9 Å². The average Bonchev–Trinajstić information content (AvgIpc) is 2.85. The van der Waals surface area contributed by atoms with E-state index in [-0.39, 0.29) is 18.1 Å². The van der Waals surface area contributed by atoms with Crippen molar-refractivity contribution in [1.82, 2.24) is 4.98 Å². The highest BCUT2D eigenvalue weighted by Crippen LogP contribution is 2.36. The van der Waals surface area contributed by atoms with Crippen molar-refractivity contribution in [2.45, 2.75) is 13.8 Å². The standard InChI is InChI=1S/C17H17Cl2NO3.C9H7NO2/c1-3-22-10-23-17(21)12-6-4-5-7-14(12)20-16-13(18)9-8-11(2)15(16)19;11-8-5-9(12)10-7-4-2-1-3-6(7)8/h4-9,20H,3,10H2,1-2H3;1-5H,(H2,10,11,12). The lowest BCUT2D eigenvalue weighted by atomic mass is 10.1. The molecule has 3 N–H and O–H groups in total. The van der Waals surface area contributed by atoms with Gasteiger partial charge in [-0.05, 0) is 49.7 Å². The van der Waals surface area contributed by atoms with Gasteiger partial charge in [-0.25, -0.2) is 4.79 Å². The Kier molecular flexibility index (Phi) is 9.14. The fraction of sp³-hybridized carbons (Fsp3) is 0.154. The Labute approximate surface area is 212 Å². The molecule has 0 amide bonds. The summed E-state index contributed by atoms with van der Waals surface area (Å²) in [4.78, 5) is 25.7. The van der Waals surface area contributed by atoms with Gasteiger partial charge in [-0.1, -0.05) is 53.5 Å². The third-order valence-electron chi connectivity index (χ3n) is 4.90. The van der Waals surface area contributed by atoms with E-state index in [9.17, 15) is 14.7 Å². The minimum absolute atomic E-state index is 0.0225. The van der Waals surface area contributed by atoms with Crippen molar-refractivity contribution in [2.24, 2.45) is 0 Å². The van der Waals surface area contributed by atoms with Gasteiger partial charge in [0, 0.05) is 18.1 Å². The second kappa shape index (κ2) is 12.3. The van der Waals surface area contributed by atoms with Crippen LogP contribution in [-0.4, -0.2) is 29.5 Å². The number of halogens is 2. The molecule has 1 aromatic heterocycles. The molecule has 0 radical (unpaired) electrons. The molecular weight excluding hydrogens is 491 g/mol. The lowest BCUT2D eigenvalue weighted by molar-refractivity contribution is -0.0273. The summed E-state index contributed by atoms with van der Waals surface area (Å²) >= 11 is 12.5. The highest BCUT2D eigenvalue weighted by molar-refractivity contribution is 6.39. The molecule has 0 saturated carbocycles. The van der Waals surface area contributed by atoms with Crippen molar-refractivity contribution in [3.05, 3.63) is 98.3 Å². The topological polar surface area (TPSA) is 101 Å². The second-order valence-electron chi connectivity index (χ2n) is 7.33. The number of ether oxygens (including phenoxy) is 2. The number of benzene rings is 3. The van der Waals surface area contributed by atoms with E-state index in [1.54, 1.807) is 54.6 Å². The fourth-order valence-electron chi connectivity index (χ4n) is 3.12. The van der Waals surface area contributed by atoms with E-state index in [0.29, 0.717) is 44.5 Å². The van der Waals surface area contributed by atoms with Gasteiger partial charge in [-0.15, -0.1) is 0 Å². The third-order valence-corrected chi connectivity index (χ3v) is 5.70. The van der Waals surface area contributed by atoms with Crippen molar-refractivity contribution in [1.29, 1.82) is 0 Å². The first-order chi connectivity index (χ1) is 16.8. The van der Waals surface area contributed by atoms with Crippen molar-refractivity contribution in [3.8, 4) is 5.75 Å². The highest BCUT2D eigenvalue weighted by Gasteiger charge is 2.15. The zero-order chi connectivity index (χ0) is 25.4.